The monoisotopic (exact) mass is 337 g/mol. The Morgan fingerprint density at radius 3 is 2.96 bits per heavy atom. The first-order valence-corrected chi connectivity index (χ1v) is 8.03. The number of rotatable bonds is 3. The highest BCUT2D eigenvalue weighted by Crippen LogP contribution is 2.19. The summed E-state index contributed by atoms with van der Waals surface area (Å²) in [6.45, 7) is 1.79. The van der Waals surface area contributed by atoms with E-state index >= 15 is 0 Å². The molecule has 4 heterocycles. The molecule has 1 aliphatic rings. The summed E-state index contributed by atoms with van der Waals surface area (Å²) in [4.78, 5) is 30.0. The standard InChI is InChI=1S/C18H16FN5O/c19-14-6-12(7-21-9-14)10-24-5-3-16-15(11-24)18(25)23-17(22-16)13-2-1-4-20-8-13/h1-2,4,6-9H,3,5,10-11H2,(H,22,23,25). The molecule has 0 saturated carbocycles. The van der Waals surface area contributed by atoms with Crippen LogP contribution in [0.25, 0.3) is 11.4 Å². The second-order valence-electron chi connectivity index (χ2n) is 6.05. The minimum absolute atomic E-state index is 0.133. The van der Waals surface area contributed by atoms with Crippen LogP contribution >= 0.6 is 0 Å². The van der Waals surface area contributed by atoms with Crippen LogP contribution < -0.4 is 5.56 Å². The van der Waals surface area contributed by atoms with Gasteiger partial charge in [0.1, 0.15) is 11.6 Å². The van der Waals surface area contributed by atoms with E-state index in [-0.39, 0.29) is 11.4 Å². The second kappa shape index (κ2) is 6.52. The number of aromatic amines is 1. The van der Waals surface area contributed by atoms with E-state index in [4.69, 9.17) is 0 Å². The maximum absolute atomic E-state index is 13.3. The third-order valence-electron chi connectivity index (χ3n) is 4.25. The number of H-pyrrole nitrogens is 1. The van der Waals surface area contributed by atoms with Crippen molar-refractivity contribution in [2.24, 2.45) is 0 Å². The lowest BCUT2D eigenvalue weighted by atomic mass is 10.1. The van der Waals surface area contributed by atoms with Crippen LogP contribution in [0.15, 0.2) is 47.8 Å². The van der Waals surface area contributed by atoms with Gasteiger partial charge in [-0.2, -0.15) is 0 Å². The Hall–Kier alpha value is -2.93. The summed E-state index contributed by atoms with van der Waals surface area (Å²) >= 11 is 0. The summed E-state index contributed by atoms with van der Waals surface area (Å²) in [5.74, 6) is 0.190. The molecule has 4 rings (SSSR count). The van der Waals surface area contributed by atoms with E-state index < -0.39 is 0 Å². The van der Waals surface area contributed by atoms with Gasteiger partial charge in [-0.05, 0) is 23.8 Å². The maximum atomic E-state index is 13.3. The summed E-state index contributed by atoms with van der Waals surface area (Å²) < 4.78 is 13.3. The zero-order chi connectivity index (χ0) is 17.2. The molecule has 0 atom stereocenters. The minimum atomic E-state index is -0.351. The predicted molar refractivity (Wildman–Crippen MR) is 90.1 cm³/mol. The SMILES string of the molecule is O=c1[nH]c(-c2cccnc2)nc2c1CN(Cc1cncc(F)c1)CC2. The lowest BCUT2D eigenvalue weighted by Crippen LogP contribution is -2.35. The highest BCUT2D eigenvalue weighted by Gasteiger charge is 2.21. The Bertz CT molecular complexity index is 957. The van der Waals surface area contributed by atoms with Crippen molar-refractivity contribution in [3.63, 3.8) is 0 Å². The van der Waals surface area contributed by atoms with E-state index in [0.717, 1.165) is 23.4 Å². The van der Waals surface area contributed by atoms with Crippen molar-refractivity contribution in [1.29, 1.82) is 0 Å². The average Bonchev–Trinajstić information content (AvgIpc) is 2.63. The number of hydrogen-bond acceptors (Lipinski definition) is 5. The summed E-state index contributed by atoms with van der Waals surface area (Å²) in [7, 11) is 0. The summed E-state index contributed by atoms with van der Waals surface area (Å²) in [5, 5.41) is 0. The molecule has 0 amide bonds. The number of halogens is 1. The van der Waals surface area contributed by atoms with Crippen LogP contribution in [0.1, 0.15) is 16.8 Å². The molecule has 0 fully saturated rings. The van der Waals surface area contributed by atoms with Crippen molar-refractivity contribution in [2.75, 3.05) is 6.54 Å². The van der Waals surface area contributed by atoms with Crippen molar-refractivity contribution in [2.45, 2.75) is 19.5 Å². The van der Waals surface area contributed by atoms with Gasteiger partial charge >= 0.3 is 0 Å². The van der Waals surface area contributed by atoms with Gasteiger partial charge in [0.15, 0.2) is 0 Å². The molecule has 1 aliphatic heterocycles. The van der Waals surface area contributed by atoms with Crippen molar-refractivity contribution < 1.29 is 4.39 Å². The minimum Gasteiger partial charge on any atom is -0.306 e. The molecule has 0 bridgehead atoms. The lowest BCUT2D eigenvalue weighted by Gasteiger charge is -2.27. The summed E-state index contributed by atoms with van der Waals surface area (Å²) in [6, 6.07) is 5.14. The summed E-state index contributed by atoms with van der Waals surface area (Å²) in [6.07, 6.45) is 6.86. The lowest BCUT2D eigenvalue weighted by molar-refractivity contribution is 0.241. The van der Waals surface area contributed by atoms with E-state index in [1.54, 1.807) is 18.6 Å². The summed E-state index contributed by atoms with van der Waals surface area (Å²) in [5.41, 5.74) is 2.93. The van der Waals surface area contributed by atoms with Crippen LogP contribution in [0.5, 0.6) is 0 Å². The molecule has 0 saturated heterocycles. The van der Waals surface area contributed by atoms with Gasteiger partial charge in [-0.3, -0.25) is 19.7 Å². The average molecular weight is 337 g/mol. The molecule has 0 aromatic carbocycles. The number of nitrogens with zero attached hydrogens (tertiary/aromatic N) is 4. The van der Waals surface area contributed by atoms with Crippen LogP contribution in [0.3, 0.4) is 0 Å². The van der Waals surface area contributed by atoms with Gasteiger partial charge in [0.2, 0.25) is 0 Å². The molecule has 6 nitrogen and oxygen atoms in total. The molecule has 3 aromatic rings. The number of fused-ring (bicyclic) bond motifs is 1. The highest BCUT2D eigenvalue weighted by atomic mass is 19.1. The fraction of sp³-hybridized carbons (Fsp3) is 0.222. The molecular formula is C18H16FN5O. The fourth-order valence-electron chi connectivity index (χ4n) is 3.06. The highest BCUT2D eigenvalue weighted by molar-refractivity contribution is 5.53. The quantitative estimate of drug-likeness (QED) is 0.790. The van der Waals surface area contributed by atoms with Crippen LogP contribution in [0.4, 0.5) is 4.39 Å². The Kier molecular flexibility index (Phi) is 4.07. The zero-order valence-electron chi connectivity index (χ0n) is 13.4. The van der Waals surface area contributed by atoms with Crippen molar-refractivity contribution in [1.82, 2.24) is 24.8 Å². The molecular weight excluding hydrogens is 321 g/mol. The molecule has 0 aliphatic carbocycles. The van der Waals surface area contributed by atoms with E-state index in [1.807, 2.05) is 12.1 Å². The Balaban J connectivity index is 1.58. The largest absolute Gasteiger partial charge is 0.306 e. The maximum Gasteiger partial charge on any atom is 0.255 e. The third kappa shape index (κ3) is 3.32. The second-order valence-corrected chi connectivity index (χ2v) is 6.05. The van der Waals surface area contributed by atoms with Crippen LogP contribution in [0.2, 0.25) is 0 Å². The number of aromatic nitrogens is 4. The first kappa shape index (κ1) is 15.6. The number of hydrogen-bond donors (Lipinski definition) is 1. The number of pyridine rings is 2. The molecule has 126 valence electrons. The van der Waals surface area contributed by atoms with Gasteiger partial charge in [-0.15, -0.1) is 0 Å². The van der Waals surface area contributed by atoms with Gasteiger partial charge < -0.3 is 4.98 Å². The number of nitrogens with one attached hydrogen (secondary N) is 1. The molecule has 0 spiro atoms. The Labute approximate surface area is 143 Å². The molecule has 7 heteroatoms. The zero-order valence-corrected chi connectivity index (χ0v) is 13.4. The van der Waals surface area contributed by atoms with Gasteiger partial charge in [0, 0.05) is 50.2 Å². The molecule has 1 N–H and O–H groups in total. The Morgan fingerprint density at radius 2 is 2.16 bits per heavy atom. The molecule has 25 heavy (non-hydrogen) atoms. The smallest absolute Gasteiger partial charge is 0.255 e. The van der Waals surface area contributed by atoms with Gasteiger partial charge in [0.25, 0.3) is 5.56 Å². The first-order valence-electron chi connectivity index (χ1n) is 8.03. The molecule has 0 radical (unpaired) electrons. The molecule has 3 aromatic heterocycles. The first-order chi connectivity index (χ1) is 12.2. The van der Waals surface area contributed by atoms with E-state index in [2.05, 4.69) is 24.8 Å². The van der Waals surface area contributed by atoms with E-state index in [1.165, 1.54) is 12.3 Å². The van der Waals surface area contributed by atoms with E-state index in [9.17, 15) is 9.18 Å². The third-order valence-corrected chi connectivity index (χ3v) is 4.25. The predicted octanol–water partition coefficient (Wildman–Crippen LogP) is 1.92. The van der Waals surface area contributed by atoms with Gasteiger partial charge in [-0.25, -0.2) is 9.37 Å². The topological polar surface area (TPSA) is 74.8 Å². The van der Waals surface area contributed by atoms with Crippen molar-refractivity contribution in [3.8, 4) is 11.4 Å². The van der Waals surface area contributed by atoms with Crippen LogP contribution in [-0.2, 0) is 19.5 Å². The van der Waals surface area contributed by atoms with Gasteiger partial charge in [-0.1, -0.05) is 0 Å². The fourth-order valence-corrected chi connectivity index (χ4v) is 3.06. The van der Waals surface area contributed by atoms with Gasteiger partial charge in [0.05, 0.1) is 17.5 Å². The van der Waals surface area contributed by atoms with E-state index in [0.29, 0.717) is 30.9 Å². The van der Waals surface area contributed by atoms with Crippen LogP contribution in [-0.4, -0.2) is 31.4 Å². The Morgan fingerprint density at radius 1 is 1.24 bits per heavy atom. The molecule has 0 unspecified atom stereocenters. The van der Waals surface area contributed by atoms with Crippen LogP contribution in [0, 0.1) is 5.82 Å². The normalized spacial score (nSPS) is 14.3. The van der Waals surface area contributed by atoms with Crippen molar-refractivity contribution >= 4 is 0 Å². The van der Waals surface area contributed by atoms with Crippen molar-refractivity contribution in [3.05, 3.63) is 76.0 Å².